The first-order valence-electron chi connectivity index (χ1n) is 5.41. The van der Waals surface area contributed by atoms with Gasteiger partial charge in [0.05, 0.1) is 10.6 Å². The molecule has 0 spiro atoms. The van der Waals surface area contributed by atoms with Crippen LogP contribution in [0.2, 0.25) is 5.02 Å². The summed E-state index contributed by atoms with van der Waals surface area (Å²) in [5.41, 5.74) is 0.185. The van der Waals surface area contributed by atoms with Gasteiger partial charge in [0.1, 0.15) is 5.82 Å². The molecule has 0 saturated carbocycles. The molecule has 17 heavy (non-hydrogen) atoms. The molecular formula is C12H14Cl2FNO. The summed E-state index contributed by atoms with van der Waals surface area (Å²) < 4.78 is 13.2. The zero-order chi connectivity index (χ0) is 12.8. The smallest absolute Gasteiger partial charge is 0.255 e. The number of alkyl halides is 1. The third-order valence-electron chi connectivity index (χ3n) is 2.32. The van der Waals surface area contributed by atoms with Crippen molar-refractivity contribution in [1.29, 1.82) is 0 Å². The fourth-order valence-electron chi connectivity index (χ4n) is 1.53. The van der Waals surface area contributed by atoms with Gasteiger partial charge in [0.25, 0.3) is 5.91 Å². The summed E-state index contributed by atoms with van der Waals surface area (Å²) in [5, 5.41) is -0.131. The molecule has 0 radical (unpaired) electrons. The fraction of sp³-hybridized carbons (Fsp3) is 0.417. The van der Waals surface area contributed by atoms with Crippen LogP contribution in [0, 0.1) is 5.82 Å². The summed E-state index contributed by atoms with van der Waals surface area (Å²) in [5.74, 6) is -0.518. The Labute approximate surface area is 110 Å². The second kappa shape index (κ2) is 6.82. The predicted molar refractivity (Wildman–Crippen MR) is 68.3 cm³/mol. The molecule has 1 amide bonds. The van der Waals surface area contributed by atoms with Crippen molar-refractivity contribution in [2.45, 2.75) is 13.3 Å². The molecule has 94 valence electrons. The lowest BCUT2D eigenvalue weighted by Crippen LogP contribution is -2.33. The Hall–Kier alpha value is -0.800. The minimum atomic E-state index is -0.583. The minimum absolute atomic E-state index is 0.131. The van der Waals surface area contributed by atoms with E-state index in [2.05, 4.69) is 0 Å². The van der Waals surface area contributed by atoms with Crippen LogP contribution in [0.15, 0.2) is 18.2 Å². The highest BCUT2D eigenvalue weighted by atomic mass is 35.5. The number of carbonyl (C=O) groups is 1. The van der Waals surface area contributed by atoms with Gasteiger partial charge < -0.3 is 4.90 Å². The van der Waals surface area contributed by atoms with Gasteiger partial charge in [-0.25, -0.2) is 4.39 Å². The third-order valence-corrected chi connectivity index (χ3v) is 2.87. The lowest BCUT2D eigenvalue weighted by molar-refractivity contribution is 0.0765. The number of benzene rings is 1. The maximum absolute atomic E-state index is 13.2. The lowest BCUT2D eigenvalue weighted by atomic mass is 10.2. The van der Waals surface area contributed by atoms with E-state index in [1.165, 1.54) is 18.2 Å². The third kappa shape index (κ3) is 3.58. The number of rotatable bonds is 5. The van der Waals surface area contributed by atoms with Crippen LogP contribution in [0.25, 0.3) is 0 Å². The maximum atomic E-state index is 13.2. The van der Waals surface area contributed by atoms with Gasteiger partial charge >= 0.3 is 0 Å². The van der Waals surface area contributed by atoms with Crippen molar-refractivity contribution in [1.82, 2.24) is 4.90 Å². The summed E-state index contributed by atoms with van der Waals surface area (Å²) in [6.45, 7) is 2.97. The molecule has 0 unspecified atom stereocenters. The van der Waals surface area contributed by atoms with Gasteiger partial charge in [-0.05, 0) is 18.6 Å². The molecule has 0 aliphatic heterocycles. The first kappa shape index (κ1) is 14.3. The quantitative estimate of drug-likeness (QED) is 0.754. The molecule has 0 heterocycles. The highest BCUT2D eigenvalue weighted by molar-refractivity contribution is 6.34. The molecule has 0 N–H and O–H groups in total. The molecule has 0 fully saturated rings. The van der Waals surface area contributed by atoms with E-state index in [9.17, 15) is 9.18 Å². The van der Waals surface area contributed by atoms with Crippen LogP contribution in [0.5, 0.6) is 0 Å². The minimum Gasteiger partial charge on any atom is -0.337 e. The van der Waals surface area contributed by atoms with Crippen molar-refractivity contribution in [3.05, 3.63) is 34.6 Å². The van der Waals surface area contributed by atoms with Gasteiger partial charge in [-0.3, -0.25) is 4.79 Å². The lowest BCUT2D eigenvalue weighted by Gasteiger charge is -2.21. The molecule has 0 aliphatic carbocycles. The second-order valence-electron chi connectivity index (χ2n) is 3.58. The van der Waals surface area contributed by atoms with E-state index in [-0.39, 0.29) is 16.5 Å². The van der Waals surface area contributed by atoms with Crippen LogP contribution < -0.4 is 0 Å². The molecule has 1 aromatic carbocycles. The Balaban J connectivity index is 2.96. The summed E-state index contributed by atoms with van der Waals surface area (Å²) >= 11 is 11.4. The van der Waals surface area contributed by atoms with Crippen LogP contribution in [0.3, 0.4) is 0 Å². The standard InChI is InChI=1S/C12H14Cl2FNO/c1-2-7-16(8-6-13)12(17)9-4-3-5-10(15)11(9)14/h3-5H,2,6-8H2,1H3. The van der Waals surface area contributed by atoms with E-state index >= 15 is 0 Å². The second-order valence-corrected chi connectivity index (χ2v) is 4.34. The molecule has 1 rings (SSSR count). The van der Waals surface area contributed by atoms with E-state index in [0.717, 1.165) is 6.42 Å². The Morgan fingerprint density at radius 2 is 2.12 bits per heavy atom. The van der Waals surface area contributed by atoms with Gasteiger partial charge in [-0.1, -0.05) is 24.6 Å². The average Bonchev–Trinajstić information content (AvgIpc) is 2.31. The number of carbonyl (C=O) groups excluding carboxylic acids is 1. The topological polar surface area (TPSA) is 20.3 Å². The first-order chi connectivity index (χ1) is 8.11. The highest BCUT2D eigenvalue weighted by Crippen LogP contribution is 2.21. The van der Waals surface area contributed by atoms with Crippen molar-refractivity contribution >= 4 is 29.1 Å². The van der Waals surface area contributed by atoms with Crippen LogP contribution in [0.4, 0.5) is 4.39 Å². The molecule has 0 aliphatic rings. The van der Waals surface area contributed by atoms with E-state index in [1.807, 2.05) is 6.92 Å². The molecule has 1 aromatic rings. The van der Waals surface area contributed by atoms with Crippen LogP contribution in [-0.4, -0.2) is 29.8 Å². The van der Waals surface area contributed by atoms with Crippen molar-refractivity contribution in [3.63, 3.8) is 0 Å². The molecule has 0 bridgehead atoms. The Morgan fingerprint density at radius 1 is 1.41 bits per heavy atom. The highest BCUT2D eigenvalue weighted by Gasteiger charge is 2.18. The van der Waals surface area contributed by atoms with E-state index in [0.29, 0.717) is 19.0 Å². The molecule has 0 aromatic heterocycles. The van der Waals surface area contributed by atoms with Gasteiger partial charge in [0, 0.05) is 19.0 Å². The van der Waals surface area contributed by atoms with Crippen molar-refractivity contribution < 1.29 is 9.18 Å². The normalized spacial score (nSPS) is 10.4. The first-order valence-corrected chi connectivity index (χ1v) is 6.32. The van der Waals surface area contributed by atoms with Gasteiger partial charge in [-0.2, -0.15) is 0 Å². The Morgan fingerprint density at radius 3 is 2.71 bits per heavy atom. The zero-order valence-electron chi connectivity index (χ0n) is 9.55. The number of amides is 1. The van der Waals surface area contributed by atoms with Crippen LogP contribution in [-0.2, 0) is 0 Å². The molecule has 0 saturated heterocycles. The number of hydrogen-bond acceptors (Lipinski definition) is 1. The monoisotopic (exact) mass is 277 g/mol. The molecule has 2 nitrogen and oxygen atoms in total. The summed E-state index contributed by atoms with van der Waals surface area (Å²) in [6, 6.07) is 4.22. The van der Waals surface area contributed by atoms with Gasteiger partial charge in [0.2, 0.25) is 0 Å². The zero-order valence-corrected chi connectivity index (χ0v) is 11.1. The number of nitrogens with zero attached hydrogens (tertiary/aromatic N) is 1. The molecule has 0 atom stereocenters. The number of hydrogen-bond donors (Lipinski definition) is 0. The van der Waals surface area contributed by atoms with Crippen LogP contribution >= 0.6 is 23.2 Å². The van der Waals surface area contributed by atoms with Gasteiger partial charge in [-0.15, -0.1) is 11.6 Å². The molecular weight excluding hydrogens is 264 g/mol. The summed E-state index contributed by atoms with van der Waals surface area (Å²) in [7, 11) is 0. The largest absolute Gasteiger partial charge is 0.337 e. The SMILES string of the molecule is CCCN(CCCl)C(=O)c1cccc(F)c1Cl. The number of halogens is 3. The van der Waals surface area contributed by atoms with E-state index in [1.54, 1.807) is 4.90 Å². The Kier molecular flexibility index (Phi) is 5.72. The summed E-state index contributed by atoms with van der Waals surface area (Å²) in [4.78, 5) is 13.7. The Bertz CT molecular complexity index is 392. The fourth-order valence-corrected chi connectivity index (χ4v) is 1.94. The average molecular weight is 278 g/mol. The maximum Gasteiger partial charge on any atom is 0.255 e. The van der Waals surface area contributed by atoms with Crippen molar-refractivity contribution in [2.75, 3.05) is 19.0 Å². The summed E-state index contributed by atoms with van der Waals surface area (Å²) in [6.07, 6.45) is 0.815. The predicted octanol–water partition coefficient (Wildman–Crippen LogP) is 3.57. The van der Waals surface area contributed by atoms with E-state index in [4.69, 9.17) is 23.2 Å². The van der Waals surface area contributed by atoms with Gasteiger partial charge in [0.15, 0.2) is 0 Å². The van der Waals surface area contributed by atoms with E-state index < -0.39 is 5.82 Å². The van der Waals surface area contributed by atoms with Crippen LogP contribution in [0.1, 0.15) is 23.7 Å². The van der Waals surface area contributed by atoms with Crippen molar-refractivity contribution in [3.8, 4) is 0 Å². The van der Waals surface area contributed by atoms with Crippen molar-refractivity contribution in [2.24, 2.45) is 0 Å². The molecule has 5 heteroatoms.